The first-order chi connectivity index (χ1) is 12.0. The molecule has 0 unspecified atom stereocenters. The van der Waals surface area contributed by atoms with Gasteiger partial charge in [0.1, 0.15) is 0 Å². The molecule has 3 rings (SSSR count). The van der Waals surface area contributed by atoms with Gasteiger partial charge < -0.3 is 14.5 Å². The summed E-state index contributed by atoms with van der Waals surface area (Å²) in [4.78, 5) is 16.9. The SMILES string of the molecule is COc1c(Cl)cc(C(=O)N2CCN(c3ccccc3C)CC2)cc1Cl. The van der Waals surface area contributed by atoms with Crippen molar-refractivity contribution < 1.29 is 9.53 Å². The van der Waals surface area contributed by atoms with Gasteiger partial charge in [-0.2, -0.15) is 0 Å². The number of rotatable bonds is 3. The van der Waals surface area contributed by atoms with Crippen molar-refractivity contribution >= 4 is 34.8 Å². The van der Waals surface area contributed by atoms with Gasteiger partial charge in [-0.05, 0) is 30.7 Å². The number of carbonyl (C=O) groups excluding carboxylic acids is 1. The fraction of sp³-hybridized carbons (Fsp3) is 0.316. The van der Waals surface area contributed by atoms with Crippen molar-refractivity contribution in [1.29, 1.82) is 0 Å². The largest absolute Gasteiger partial charge is 0.494 e. The minimum absolute atomic E-state index is 0.0594. The molecule has 0 aliphatic carbocycles. The molecular weight excluding hydrogens is 359 g/mol. The Morgan fingerprint density at radius 2 is 1.64 bits per heavy atom. The first kappa shape index (κ1) is 17.9. The second-order valence-electron chi connectivity index (χ2n) is 6.04. The van der Waals surface area contributed by atoms with E-state index in [1.165, 1.54) is 18.4 Å². The number of para-hydroxylation sites is 1. The summed E-state index contributed by atoms with van der Waals surface area (Å²) in [6.45, 7) is 5.03. The molecule has 2 aromatic carbocycles. The van der Waals surface area contributed by atoms with Gasteiger partial charge >= 0.3 is 0 Å². The molecule has 0 N–H and O–H groups in total. The van der Waals surface area contributed by atoms with E-state index in [1.807, 2.05) is 17.0 Å². The van der Waals surface area contributed by atoms with Gasteiger partial charge in [0.25, 0.3) is 5.91 Å². The molecule has 25 heavy (non-hydrogen) atoms. The lowest BCUT2D eigenvalue weighted by atomic mass is 10.1. The highest BCUT2D eigenvalue weighted by molar-refractivity contribution is 6.37. The molecule has 0 aromatic heterocycles. The van der Waals surface area contributed by atoms with Gasteiger partial charge in [0.15, 0.2) is 5.75 Å². The zero-order valence-electron chi connectivity index (χ0n) is 14.3. The number of nitrogens with zero attached hydrogens (tertiary/aromatic N) is 2. The van der Waals surface area contributed by atoms with Crippen molar-refractivity contribution in [3.8, 4) is 5.75 Å². The second-order valence-corrected chi connectivity index (χ2v) is 6.85. The molecule has 0 atom stereocenters. The topological polar surface area (TPSA) is 32.8 Å². The van der Waals surface area contributed by atoms with Crippen molar-refractivity contribution in [1.82, 2.24) is 4.90 Å². The molecule has 6 heteroatoms. The maximum Gasteiger partial charge on any atom is 0.254 e. The van der Waals surface area contributed by atoms with Crippen LogP contribution in [0.5, 0.6) is 5.75 Å². The fourth-order valence-corrected chi connectivity index (χ4v) is 3.77. The number of hydrogen-bond donors (Lipinski definition) is 0. The molecule has 1 saturated heterocycles. The molecule has 0 saturated carbocycles. The van der Waals surface area contributed by atoms with Gasteiger partial charge in [-0.1, -0.05) is 41.4 Å². The number of aryl methyl sites for hydroxylation is 1. The van der Waals surface area contributed by atoms with E-state index < -0.39 is 0 Å². The highest BCUT2D eigenvalue weighted by Gasteiger charge is 2.24. The maximum absolute atomic E-state index is 12.8. The van der Waals surface area contributed by atoms with Crippen LogP contribution in [-0.2, 0) is 0 Å². The van der Waals surface area contributed by atoms with Crippen molar-refractivity contribution in [3.05, 3.63) is 57.6 Å². The number of amides is 1. The Hall–Kier alpha value is -1.91. The number of anilines is 1. The molecule has 0 spiro atoms. The third-order valence-corrected chi connectivity index (χ3v) is 5.03. The number of piperazine rings is 1. The summed E-state index contributed by atoms with van der Waals surface area (Å²) in [5.41, 5.74) is 2.96. The molecule has 1 fully saturated rings. The van der Waals surface area contributed by atoms with E-state index in [-0.39, 0.29) is 5.91 Å². The predicted octanol–water partition coefficient (Wildman–Crippen LogP) is 4.27. The first-order valence-electron chi connectivity index (χ1n) is 8.14. The van der Waals surface area contributed by atoms with Crippen LogP contribution in [0.2, 0.25) is 10.0 Å². The van der Waals surface area contributed by atoms with Crippen LogP contribution in [0.25, 0.3) is 0 Å². The average Bonchev–Trinajstić information content (AvgIpc) is 2.61. The van der Waals surface area contributed by atoms with E-state index >= 15 is 0 Å². The number of hydrogen-bond acceptors (Lipinski definition) is 3. The zero-order valence-corrected chi connectivity index (χ0v) is 15.8. The molecule has 0 radical (unpaired) electrons. The quantitative estimate of drug-likeness (QED) is 0.799. The minimum atomic E-state index is -0.0594. The molecule has 1 heterocycles. The van der Waals surface area contributed by atoms with Crippen molar-refractivity contribution in [2.24, 2.45) is 0 Å². The van der Waals surface area contributed by atoms with Gasteiger partial charge in [-0.15, -0.1) is 0 Å². The third kappa shape index (κ3) is 3.70. The number of methoxy groups -OCH3 is 1. The van der Waals surface area contributed by atoms with E-state index in [1.54, 1.807) is 12.1 Å². The first-order valence-corrected chi connectivity index (χ1v) is 8.89. The number of benzene rings is 2. The van der Waals surface area contributed by atoms with Crippen LogP contribution < -0.4 is 9.64 Å². The summed E-state index contributed by atoms with van der Waals surface area (Å²) < 4.78 is 5.13. The van der Waals surface area contributed by atoms with Crippen LogP contribution in [0.4, 0.5) is 5.69 Å². The molecule has 1 amide bonds. The lowest BCUT2D eigenvalue weighted by Gasteiger charge is -2.37. The Balaban J connectivity index is 1.71. The summed E-state index contributed by atoms with van der Waals surface area (Å²) >= 11 is 12.3. The number of halogens is 2. The molecule has 1 aliphatic heterocycles. The molecule has 0 bridgehead atoms. The van der Waals surface area contributed by atoms with Crippen LogP contribution in [0, 0.1) is 6.92 Å². The fourth-order valence-electron chi connectivity index (χ4n) is 3.13. The second kappa shape index (κ2) is 7.54. The summed E-state index contributed by atoms with van der Waals surface area (Å²) in [6, 6.07) is 11.5. The van der Waals surface area contributed by atoms with Crippen LogP contribution in [0.3, 0.4) is 0 Å². The summed E-state index contributed by atoms with van der Waals surface area (Å²) in [5.74, 6) is 0.333. The Labute approximate surface area is 157 Å². The summed E-state index contributed by atoms with van der Waals surface area (Å²) in [6.07, 6.45) is 0. The number of carbonyl (C=O) groups is 1. The van der Waals surface area contributed by atoms with E-state index in [0.29, 0.717) is 34.4 Å². The van der Waals surface area contributed by atoms with Gasteiger partial charge in [0.05, 0.1) is 17.2 Å². The number of ether oxygens (including phenoxy) is 1. The highest BCUT2D eigenvalue weighted by Crippen LogP contribution is 2.34. The van der Waals surface area contributed by atoms with Crippen molar-refractivity contribution in [3.63, 3.8) is 0 Å². The van der Waals surface area contributed by atoms with Gasteiger partial charge in [0, 0.05) is 37.4 Å². The van der Waals surface area contributed by atoms with Crippen LogP contribution in [0.15, 0.2) is 36.4 Å². The molecular formula is C19H20Cl2N2O2. The average molecular weight is 379 g/mol. The zero-order chi connectivity index (χ0) is 18.0. The predicted molar refractivity (Wildman–Crippen MR) is 102 cm³/mol. The molecule has 2 aromatic rings. The Bertz CT molecular complexity index is 764. The summed E-state index contributed by atoms with van der Waals surface area (Å²) in [7, 11) is 1.50. The third-order valence-electron chi connectivity index (χ3n) is 4.47. The smallest absolute Gasteiger partial charge is 0.254 e. The Morgan fingerprint density at radius 3 is 2.20 bits per heavy atom. The minimum Gasteiger partial charge on any atom is -0.494 e. The van der Waals surface area contributed by atoms with Gasteiger partial charge in [-0.25, -0.2) is 0 Å². The van der Waals surface area contributed by atoms with E-state index in [0.717, 1.165) is 13.1 Å². The normalized spacial score (nSPS) is 14.6. The van der Waals surface area contributed by atoms with E-state index in [2.05, 4.69) is 24.0 Å². The summed E-state index contributed by atoms with van der Waals surface area (Å²) in [5, 5.41) is 0.689. The van der Waals surface area contributed by atoms with Crippen LogP contribution in [-0.4, -0.2) is 44.1 Å². The highest BCUT2D eigenvalue weighted by atomic mass is 35.5. The molecule has 4 nitrogen and oxygen atoms in total. The standard InChI is InChI=1S/C19H20Cl2N2O2/c1-13-5-3-4-6-17(13)22-7-9-23(10-8-22)19(24)14-11-15(20)18(25-2)16(21)12-14/h3-6,11-12H,7-10H2,1-2H3. The molecule has 132 valence electrons. The van der Waals surface area contributed by atoms with Crippen molar-refractivity contribution in [2.45, 2.75) is 6.92 Å². The van der Waals surface area contributed by atoms with Crippen molar-refractivity contribution in [2.75, 3.05) is 38.2 Å². The monoisotopic (exact) mass is 378 g/mol. The molecule has 1 aliphatic rings. The van der Waals surface area contributed by atoms with Gasteiger partial charge in [-0.3, -0.25) is 4.79 Å². The lowest BCUT2D eigenvalue weighted by Crippen LogP contribution is -2.49. The van der Waals surface area contributed by atoms with Crippen LogP contribution >= 0.6 is 23.2 Å². The van der Waals surface area contributed by atoms with E-state index in [9.17, 15) is 4.79 Å². The maximum atomic E-state index is 12.8. The van der Waals surface area contributed by atoms with Crippen LogP contribution in [0.1, 0.15) is 15.9 Å². The Morgan fingerprint density at radius 1 is 1.04 bits per heavy atom. The van der Waals surface area contributed by atoms with Gasteiger partial charge in [0.2, 0.25) is 0 Å². The lowest BCUT2D eigenvalue weighted by molar-refractivity contribution is 0.0746. The van der Waals surface area contributed by atoms with E-state index in [4.69, 9.17) is 27.9 Å². The Kier molecular flexibility index (Phi) is 5.40.